The highest BCUT2D eigenvalue weighted by molar-refractivity contribution is 6.21. The molecule has 0 aromatic heterocycles. The standard InChI is InChI=1S/C15H8F2N2O2/c16-12-6-5-9(7-13(12)17)8-18-19-14(20)10-3-1-2-4-11(10)15(19)21/h1-8H/b18-8-. The number of carbonyl (C=O) groups excluding carboxylic acids is 2. The van der Waals surface area contributed by atoms with Crippen LogP contribution in [-0.2, 0) is 0 Å². The number of amides is 2. The molecule has 0 saturated carbocycles. The minimum Gasteiger partial charge on any atom is -0.267 e. The summed E-state index contributed by atoms with van der Waals surface area (Å²) in [5.74, 6) is -3.10. The van der Waals surface area contributed by atoms with Crippen molar-refractivity contribution in [2.45, 2.75) is 0 Å². The summed E-state index contributed by atoms with van der Waals surface area (Å²) in [4.78, 5) is 24.0. The lowest BCUT2D eigenvalue weighted by Crippen LogP contribution is -2.24. The normalized spacial score (nSPS) is 14.1. The molecule has 2 amide bonds. The van der Waals surface area contributed by atoms with E-state index >= 15 is 0 Å². The molecule has 0 atom stereocenters. The lowest BCUT2D eigenvalue weighted by molar-refractivity contribution is 0.0660. The summed E-state index contributed by atoms with van der Waals surface area (Å²) in [6.07, 6.45) is 1.13. The molecule has 1 heterocycles. The lowest BCUT2D eigenvalue weighted by Gasteiger charge is -2.05. The van der Waals surface area contributed by atoms with E-state index < -0.39 is 23.4 Å². The molecule has 0 N–H and O–H groups in total. The Morgan fingerprint density at radius 2 is 1.52 bits per heavy atom. The zero-order valence-electron chi connectivity index (χ0n) is 10.6. The van der Waals surface area contributed by atoms with Gasteiger partial charge < -0.3 is 0 Å². The molecule has 0 bridgehead atoms. The molecule has 3 rings (SSSR count). The van der Waals surface area contributed by atoms with Gasteiger partial charge in [0.25, 0.3) is 11.8 Å². The molecular weight excluding hydrogens is 278 g/mol. The van der Waals surface area contributed by atoms with Gasteiger partial charge in [-0.05, 0) is 29.8 Å². The first-order valence-electron chi connectivity index (χ1n) is 6.05. The van der Waals surface area contributed by atoms with E-state index in [2.05, 4.69) is 5.10 Å². The molecule has 1 aliphatic heterocycles. The van der Waals surface area contributed by atoms with Crippen LogP contribution in [0.1, 0.15) is 26.3 Å². The number of hydrogen-bond acceptors (Lipinski definition) is 3. The van der Waals surface area contributed by atoms with E-state index in [1.165, 1.54) is 18.2 Å². The van der Waals surface area contributed by atoms with E-state index in [1.54, 1.807) is 12.1 Å². The number of hydrogen-bond donors (Lipinski definition) is 0. The fourth-order valence-electron chi connectivity index (χ4n) is 2.00. The summed E-state index contributed by atoms with van der Waals surface area (Å²) < 4.78 is 25.9. The fraction of sp³-hybridized carbons (Fsp3) is 0. The highest BCUT2D eigenvalue weighted by atomic mass is 19.2. The number of fused-ring (bicyclic) bond motifs is 1. The van der Waals surface area contributed by atoms with Crippen LogP contribution >= 0.6 is 0 Å². The summed E-state index contributed by atoms with van der Waals surface area (Å²) in [7, 11) is 0. The molecule has 0 radical (unpaired) electrons. The third-order valence-electron chi connectivity index (χ3n) is 3.04. The molecule has 0 saturated heterocycles. The Bertz CT molecular complexity index is 752. The Morgan fingerprint density at radius 1 is 0.905 bits per heavy atom. The highest BCUT2D eigenvalue weighted by Gasteiger charge is 2.35. The minimum absolute atomic E-state index is 0.241. The quantitative estimate of drug-likeness (QED) is 0.629. The second-order valence-corrected chi connectivity index (χ2v) is 4.39. The summed E-state index contributed by atoms with van der Waals surface area (Å²) in [5.41, 5.74) is 0.778. The van der Waals surface area contributed by atoms with Gasteiger partial charge in [-0.25, -0.2) is 8.78 Å². The van der Waals surface area contributed by atoms with Crippen molar-refractivity contribution in [3.8, 4) is 0 Å². The fourth-order valence-corrected chi connectivity index (χ4v) is 2.00. The van der Waals surface area contributed by atoms with Crippen molar-refractivity contribution in [2.24, 2.45) is 5.10 Å². The summed E-state index contributed by atoms with van der Waals surface area (Å²) in [5, 5.41) is 4.46. The highest BCUT2D eigenvalue weighted by Crippen LogP contribution is 2.22. The van der Waals surface area contributed by atoms with E-state index in [1.807, 2.05) is 0 Å². The van der Waals surface area contributed by atoms with Gasteiger partial charge in [0.2, 0.25) is 0 Å². The van der Waals surface area contributed by atoms with E-state index in [-0.39, 0.29) is 16.7 Å². The summed E-state index contributed by atoms with van der Waals surface area (Å²) in [6.45, 7) is 0. The first-order valence-corrected chi connectivity index (χ1v) is 6.05. The SMILES string of the molecule is O=C1c2ccccc2C(=O)N1/N=C\c1ccc(F)c(F)c1. The number of rotatable bonds is 2. The van der Waals surface area contributed by atoms with E-state index in [9.17, 15) is 18.4 Å². The van der Waals surface area contributed by atoms with Crippen molar-refractivity contribution in [2.75, 3.05) is 0 Å². The average Bonchev–Trinajstić information content (AvgIpc) is 2.73. The number of halogens is 2. The summed E-state index contributed by atoms with van der Waals surface area (Å²) >= 11 is 0. The van der Waals surface area contributed by atoms with E-state index in [0.29, 0.717) is 5.01 Å². The van der Waals surface area contributed by atoms with Crippen LogP contribution in [0.5, 0.6) is 0 Å². The Labute approximate surface area is 118 Å². The van der Waals surface area contributed by atoms with Crippen molar-refractivity contribution in [3.05, 3.63) is 70.8 Å². The Hall–Kier alpha value is -2.89. The second kappa shape index (κ2) is 4.90. The Morgan fingerprint density at radius 3 is 2.10 bits per heavy atom. The average molecular weight is 286 g/mol. The molecule has 2 aromatic rings. The van der Waals surface area contributed by atoms with E-state index in [0.717, 1.165) is 18.3 Å². The van der Waals surface area contributed by atoms with Crippen molar-refractivity contribution in [1.29, 1.82) is 0 Å². The second-order valence-electron chi connectivity index (χ2n) is 4.39. The number of nitrogens with zero attached hydrogens (tertiary/aromatic N) is 2. The van der Waals surface area contributed by atoms with Crippen LogP contribution in [0.2, 0.25) is 0 Å². The van der Waals surface area contributed by atoms with Gasteiger partial charge >= 0.3 is 0 Å². The van der Waals surface area contributed by atoms with Crippen molar-refractivity contribution in [1.82, 2.24) is 5.01 Å². The van der Waals surface area contributed by atoms with Crippen LogP contribution in [-0.4, -0.2) is 23.0 Å². The number of carbonyl (C=O) groups is 2. The molecule has 104 valence electrons. The van der Waals surface area contributed by atoms with Crippen LogP contribution in [0.25, 0.3) is 0 Å². The van der Waals surface area contributed by atoms with Gasteiger partial charge in [0, 0.05) is 0 Å². The van der Waals surface area contributed by atoms with Gasteiger partial charge in [-0.1, -0.05) is 18.2 Å². The van der Waals surface area contributed by atoms with Crippen molar-refractivity contribution in [3.63, 3.8) is 0 Å². The zero-order chi connectivity index (χ0) is 15.0. The molecule has 4 nitrogen and oxygen atoms in total. The molecule has 0 fully saturated rings. The molecule has 21 heavy (non-hydrogen) atoms. The van der Waals surface area contributed by atoms with Crippen LogP contribution < -0.4 is 0 Å². The van der Waals surface area contributed by atoms with Crippen LogP contribution in [0.4, 0.5) is 8.78 Å². The van der Waals surface area contributed by atoms with Crippen LogP contribution in [0, 0.1) is 11.6 Å². The maximum absolute atomic E-state index is 13.1. The van der Waals surface area contributed by atoms with Gasteiger partial charge in [0.1, 0.15) is 0 Å². The van der Waals surface area contributed by atoms with Gasteiger partial charge in [-0.2, -0.15) is 10.1 Å². The third kappa shape index (κ3) is 2.20. The smallest absolute Gasteiger partial charge is 0.267 e. The van der Waals surface area contributed by atoms with Crippen LogP contribution in [0.3, 0.4) is 0 Å². The lowest BCUT2D eigenvalue weighted by atomic mass is 10.1. The van der Waals surface area contributed by atoms with Gasteiger partial charge in [0.15, 0.2) is 11.6 Å². The number of hydrazone groups is 1. The first-order chi connectivity index (χ1) is 10.1. The maximum atomic E-state index is 13.1. The predicted octanol–water partition coefficient (Wildman–Crippen LogP) is 2.59. The largest absolute Gasteiger partial charge is 0.282 e. The third-order valence-corrected chi connectivity index (χ3v) is 3.04. The molecule has 1 aliphatic rings. The molecule has 0 spiro atoms. The topological polar surface area (TPSA) is 49.7 Å². The van der Waals surface area contributed by atoms with Crippen molar-refractivity contribution >= 4 is 18.0 Å². The van der Waals surface area contributed by atoms with Crippen LogP contribution in [0.15, 0.2) is 47.6 Å². The molecule has 6 heteroatoms. The Kier molecular flexibility index (Phi) is 3.06. The first kappa shape index (κ1) is 13.1. The maximum Gasteiger partial charge on any atom is 0.282 e. The molecule has 2 aromatic carbocycles. The number of imide groups is 1. The molecular formula is C15H8F2N2O2. The minimum atomic E-state index is -1.03. The predicted molar refractivity (Wildman–Crippen MR) is 70.9 cm³/mol. The van der Waals surface area contributed by atoms with Gasteiger partial charge in [-0.3, -0.25) is 9.59 Å². The Balaban J connectivity index is 1.89. The zero-order valence-corrected chi connectivity index (χ0v) is 10.6. The number of benzene rings is 2. The monoisotopic (exact) mass is 286 g/mol. The van der Waals surface area contributed by atoms with E-state index in [4.69, 9.17) is 0 Å². The van der Waals surface area contributed by atoms with Gasteiger partial charge in [0.05, 0.1) is 17.3 Å². The molecule has 0 aliphatic carbocycles. The van der Waals surface area contributed by atoms with Crippen molar-refractivity contribution < 1.29 is 18.4 Å². The molecule has 0 unspecified atom stereocenters. The summed E-state index contributed by atoms with van der Waals surface area (Å²) in [6, 6.07) is 9.51. The van der Waals surface area contributed by atoms with Gasteiger partial charge in [-0.15, -0.1) is 0 Å².